The largest absolute Gasteiger partial charge is 0.402 e. The Morgan fingerprint density at radius 1 is 1.04 bits per heavy atom. The first-order valence-corrected chi connectivity index (χ1v) is 7.58. The molecule has 114 valence electrons. The van der Waals surface area contributed by atoms with Crippen molar-refractivity contribution in [2.45, 2.75) is 0 Å². The van der Waals surface area contributed by atoms with Crippen molar-refractivity contribution in [2.24, 2.45) is 4.99 Å². The van der Waals surface area contributed by atoms with Gasteiger partial charge in [-0.3, -0.25) is 0 Å². The number of carbonyl (C=O) groups is 1. The van der Waals surface area contributed by atoms with Crippen LogP contribution in [0.2, 0.25) is 5.02 Å². The summed E-state index contributed by atoms with van der Waals surface area (Å²) in [5.74, 6) is -0.295. The second-order valence-corrected chi connectivity index (χ2v) is 5.66. The summed E-state index contributed by atoms with van der Waals surface area (Å²) in [6, 6.07) is 16.4. The molecule has 0 atom stereocenters. The molecule has 0 radical (unpaired) electrons. The SMILES string of the molecule is O=C1OC(c2ccc(Cl)cc2)=N/C1=C\C(Cl)=C\c1ccccc1. The highest BCUT2D eigenvalue weighted by Gasteiger charge is 2.24. The molecule has 23 heavy (non-hydrogen) atoms. The van der Waals surface area contributed by atoms with E-state index in [2.05, 4.69) is 4.99 Å². The molecule has 0 unspecified atom stereocenters. The van der Waals surface area contributed by atoms with Gasteiger partial charge < -0.3 is 4.74 Å². The molecule has 0 fully saturated rings. The average molecular weight is 344 g/mol. The van der Waals surface area contributed by atoms with Gasteiger partial charge in [-0.25, -0.2) is 9.79 Å². The molecule has 1 aliphatic rings. The van der Waals surface area contributed by atoms with Crippen molar-refractivity contribution in [3.63, 3.8) is 0 Å². The van der Waals surface area contributed by atoms with E-state index >= 15 is 0 Å². The van der Waals surface area contributed by atoms with Gasteiger partial charge in [0.2, 0.25) is 5.90 Å². The molecule has 0 spiro atoms. The zero-order valence-electron chi connectivity index (χ0n) is 11.9. The summed E-state index contributed by atoms with van der Waals surface area (Å²) < 4.78 is 5.16. The number of esters is 1. The number of nitrogens with zero attached hydrogens (tertiary/aromatic N) is 1. The smallest absolute Gasteiger partial charge is 0.363 e. The highest BCUT2D eigenvalue weighted by Crippen LogP contribution is 2.21. The molecule has 0 aromatic heterocycles. The Kier molecular flexibility index (Phi) is 4.60. The topological polar surface area (TPSA) is 38.7 Å². The van der Waals surface area contributed by atoms with E-state index in [-0.39, 0.29) is 11.6 Å². The van der Waals surface area contributed by atoms with Gasteiger partial charge in [0.1, 0.15) is 0 Å². The summed E-state index contributed by atoms with van der Waals surface area (Å²) in [6.45, 7) is 0. The van der Waals surface area contributed by atoms with E-state index < -0.39 is 5.97 Å². The van der Waals surface area contributed by atoms with E-state index in [4.69, 9.17) is 27.9 Å². The van der Waals surface area contributed by atoms with Gasteiger partial charge in [-0.1, -0.05) is 53.5 Å². The van der Waals surface area contributed by atoms with Crippen LogP contribution in [0.5, 0.6) is 0 Å². The lowest BCUT2D eigenvalue weighted by molar-refractivity contribution is -0.130. The summed E-state index contributed by atoms with van der Waals surface area (Å²) in [5, 5.41) is 0.993. The molecule has 0 bridgehead atoms. The maximum atomic E-state index is 11.9. The van der Waals surface area contributed by atoms with Crippen molar-refractivity contribution in [1.29, 1.82) is 0 Å². The molecule has 0 amide bonds. The number of hydrogen-bond donors (Lipinski definition) is 0. The average Bonchev–Trinajstić information content (AvgIpc) is 2.90. The predicted octanol–water partition coefficient (Wildman–Crippen LogP) is 4.81. The third kappa shape index (κ3) is 3.89. The quantitative estimate of drug-likeness (QED) is 0.592. The molecule has 0 saturated heterocycles. The summed E-state index contributed by atoms with van der Waals surface area (Å²) in [7, 11) is 0. The molecule has 5 heteroatoms. The minimum absolute atomic E-state index is 0.159. The summed E-state index contributed by atoms with van der Waals surface area (Å²) >= 11 is 12.0. The van der Waals surface area contributed by atoms with Crippen LogP contribution in [0.1, 0.15) is 11.1 Å². The first kappa shape index (κ1) is 15.5. The zero-order valence-corrected chi connectivity index (χ0v) is 13.4. The van der Waals surface area contributed by atoms with Gasteiger partial charge in [-0.15, -0.1) is 0 Å². The minimum atomic E-state index is -0.533. The van der Waals surface area contributed by atoms with E-state index in [1.165, 1.54) is 6.08 Å². The number of hydrogen-bond acceptors (Lipinski definition) is 3. The summed E-state index contributed by atoms with van der Waals surface area (Å²) in [5.41, 5.74) is 1.77. The Bertz CT molecular complexity index is 822. The summed E-state index contributed by atoms with van der Waals surface area (Å²) in [6.07, 6.45) is 3.23. The van der Waals surface area contributed by atoms with Gasteiger partial charge in [0.25, 0.3) is 0 Å². The van der Waals surface area contributed by atoms with Crippen LogP contribution >= 0.6 is 23.2 Å². The number of benzene rings is 2. The van der Waals surface area contributed by atoms with Crippen LogP contribution in [0.3, 0.4) is 0 Å². The standard InChI is InChI=1S/C18H11Cl2NO2/c19-14-8-6-13(7-9-14)17-21-16(18(22)23-17)11-15(20)10-12-4-2-1-3-5-12/h1-11H/b15-10-,16-11-. The van der Waals surface area contributed by atoms with Crippen LogP contribution in [0.15, 0.2) is 76.4 Å². The van der Waals surface area contributed by atoms with Gasteiger partial charge in [0.05, 0.1) is 0 Å². The lowest BCUT2D eigenvalue weighted by Gasteiger charge is -1.98. The Morgan fingerprint density at radius 2 is 1.74 bits per heavy atom. The Balaban J connectivity index is 1.86. The highest BCUT2D eigenvalue weighted by molar-refractivity contribution is 6.33. The van der Waals surface area contributed by atoms with Crippen molar-refractivity contribution in [3.05, 3.63) is 87.6 Å². The van der Waals surface area contributed by atoms with E-state index in [1.807, 2.05) is 30.3 Å². The fraction of sp³-hybridized carbons (Fsp3) is 0. The van der Waals surface area contributed by atoms with Crippen molar-refractivity contribution in [2.75, 3.05) is 0 Å². The van der Waals surface area contributed by atoms with E-state index in [0.717, 1.165) is 5.56 Å². The molecule has 2 aromatic rings. The number of carbonyl (C=O) groups excluding carboxylic acids is 1. The highest BCUT2D eigenvalue weighted by atomic mass is 35.5. The van der Waals surface area contributed by atoms with Gasteiger partial charge in [0.15, 0.2) is 5.70 Å². The number of ether oxygens (including phenoxy) is 1. The molecule has 3 nitrogen and oxygen atoms in total. The second kappa shape index (κ2) is 6.82. The molecule has 1 aliphatic heterocycles. The Morgan fingerprint density at radius 3 is 2.43 bits per heavy atom. The zero-order chi connectivity index (χ0) is 16.2. The van der Waals surface area contributed by atoms with Gasteiger partial charge in [0, 0.05) is 15.6 Å². The van der Waals surface area contributed by atoms with Gasteiger partial charge in [-0.2, -0.15) is 0 Å². The van der Waals surface area contributed by atoms with Crippen molar-refractivity contribution in [3.8, 4) is 0 Å². The van der Waals surface area contributed by atoms with Crippen molar-refractivity contribution in [1.82, 2.24) is 0 Å². The lowest BCUT2D eigenvalue weighted by atomic mass is 10.2. The normalized spacial score (nSPS) is 16.4. The molecular formula is C18H11Cl2NO2. The van der Waals surface area contributed by atoms with Crippen LogP contribution in [0.25, 0.3) is 6.08 Å². The predicted molar refractivity (Wildman–Crippen MR) is 92.4 cm³/mol. The molecule has 0 N–H and O–H groups in total. The molecular weight excluding hydrogens is 333 g/mol. The summed E-state index contributed by atoms with van der Waals surface area (Å²) in [4.78, 5) is 16.1. The van der Waals surface area contributed by atoms with Crippen LogP contribution in [-0.4, -0.2) is 11.9 Å². The fourth-order valence-corrected chi connectivity index (χ4v) is 2.36. The number of cyclic esters (lactones) is 1. The van der Waals surface area contributed by atoms with E-state index in [9.17, 15) is 4.79 Å². The Hall–Kier alpha value is -2.36. The molecule has 3 rings (SSSR count). The molecule has 0 aliphatic carbocycles. The van der Waals surface area contributed by atoms with Gasteiger partial charge >= 0.3 is 5.97 Å². The second-order valence-electron chi connectivity index (χ2n) is 4.78. The van der Waals surface area contributed by atoms with Gasteiger partial charge in [-0.05, 0) is 42.0 Å². The fourth-order valence-electron chi connectivity index (χ4n) is 2.01. The maximum Gasteiger partial charge on any atom is 0.363 e. The van der Waals surface area contributed by atoms with Crippen LogP contribution in [0, 0.1) is 0 Å². The van der Waals surface area contributed by atoms with Crippen LogP contribution in [0.4, 0.5) is 0 Å². The van der Waals surface area contributed by atoms with Crippen molar-refractivity contribution < 1.29 is 9.53 Å². The Labute approximate surface area is 143 Å². The number of aliphatic imine (C=N–C) groups is 1. The van der Waals surface area contributed by atoms with Crippen molar-refractivity contribution >= 4 is 41.1 Å². The van der Waals surface area contributed by atoms with E-state index in [1.54, 1.807) is 30.3 Å². The monoisotopic (exact) mass is 343 g/mol. The maximum absolute atomic E-state index is 11.9. The van der Waals surface area contributed by atoms with Crippen LogP contribution < -0.4 is 0 Å². The lowest BCUT2D eigenvalue weighted by Crippen LogP contribution is -2.05. The molecule has 2 aromatic carbocycles. The first-order valence-electron chi connectivity index (χ1n) is 6.82. The third-order valence-corrected chi connectivity index (χ3v) is 3.56. The molecule has 0 saturated carbocycles. The molecule has 1 heterocycles. The number of rotatable bonds is 3. The number of allylic oxidation sites excluding steroid dienone is 2. The minimum Gasteiger partial charge on any atom is -0.402 e. The van der Waals surface area contributed by atoms with E-state index in [0.29, 0.717) is 15.6 Å². The van der Waals surface area contributed by atoms with Crippen LogP contribution in [-0.2, 0) is 9.53 Å². The first-order chi connectivity index (χ1) is 11.1. The third-order valence-electron chi connectivity index (χ3n) is 3.09. The number of halogens is 2.